The second kappa shape index (κ2) is 7.51. The van der Waals surface area contributed by atoms with Crippen molar-refractivity contribution in [1.82, 2.24) is 10.2 Å². The molecule has 1 saturated heterocycles. The van der Waals surface area contributed by atoms with Crippen LogP contribution in [0.2, 0.25) is 0 Å². The van der Waals surface area contributed by atoms with E-state index in [0.29, 0.717) is 6.54 Å². The van der Waals surface area contributed by atoms with Gasteiger partial charge < -0.3 is 5.32 Å². The maximum absolute atomic E-state index is 13.3. The average molecular weight is 336 g/mol. The van der Waals surface area contributed by atoms with E-state index < -0.39 is 5.54 Å². The predicted octanol–water partition coefficient (Wildman–Crippen LogP) is 4.06. The third-order valence-electron chi connectivity index (χ3n) is 4.75. The van der Waals surface area contributed by atoms with Crippen LogP contribution in [0.1, 0.15) is 43.7 Å². The van der Waals surface area contributed by atoms with E-state index in [0.717, 1.165) is 36.8 Å². The summed E-state index contributed by atoms with van der Waals surface area (Å²) in [5.74, 6) is -0.189. The average Bonchev–Trinajstić information content (AvgIpc) is 2.92. The Balaban J connectivity index is 1.96. The molecule has 1 N–H and O–H groups in total. The molecule has 0 radical (unpaired) electrons. The largest absolute Gasteiger partial charge is 0.325 e. The van der Waals surface area contributed by atoms with Crippen molar-refractivity contribution in [3.8, 4) is 0 Å². The van der Waals surface area contributed by atoms with E-state index in [1.165, 1.54) is 4.90 Å². The zero-order valence-electron chi connectivity index (χ0n) is 14.6. The number of carbonyl (C=O) groups excluding carboxylic acids is 2. The fraction of sp³-hybridized carbons (Fsp3) is 0.333. The molecule has 0 spiro atoms. The molecule has 3 amide bonds. The summed E-state index contributed by atoms with van der Waals surface area (Å²) in [5.41, 5.74) is 0.441. The van der Waals surface area contributed by atoms with Crippen LogP contribution in [0.25, 0.3) is 0 Å². The highest BCUT2D eigenvalue weighted by atomic mass is 16.2. The fourth-order valence-corrected chi connectivity index (χ4v) is 3.41. The van der Waals surface area contributed by atoms with Gasteiger partial charge in [-0.05, 0) is 17.5 Å². The van der Waals surface area contributed by atoms with Crippen molar-refractivity contribution in [2.24, 2.45) is 0 Å². The van der Waals surface area contributed by atoms with Gasteiger partial charge in [-0.3, -0.25) is 9.69 Å². The molecule has 1 aliphatic heterocycles. The Labute approximate surface area is 148 Å². The first-order chi connectivity index (χ1) is 12.2. The summed E-state index contributed by atoms with van der Waals surface area (Å²) in [6.45, 7) is 2.61. The number of urea groups is 1. The van der Waals surface area contributed by atoms with Gasteiger partial charge >= 0.3 is 6.03 Å². The summed E-state index contributed by atoms with van der Waals surface area (Å²) in [6.07, 6.45) is 4.11. The third-order valence-corrected chi connectivity index (χ3v) is 4.75. The van der Waals surface area contributed by atoms with E-state index in [1.807, 2.05) is 60.7 Å². The smallest absolute Gasteiger partial charge is 0.315 e. The van der Waals surface area contributed by atoms with Crippen LogP contribution in [-0.2, 0) is 10.3 Å². The molecule has 0 aromatic heterocycles. The molecular weight excluding hydrogens is 312 g/mol. The lowest BCUT2D eigenvalue weighted by atomic mass is 9.82. The number of hydrogen-bond donors (Lipinski definition) is 1. The molecule has 130 valence electrons. The highest BCUT2D eigenvalue weighted by Gasteiger charge is 2.53. The number of carbonyl (C=O) groups is 2. The molecule has 4 heteroatoms. The zero-order valence-corrected chi connectivity index (χ0v) is 14.6. The number of amides is 3. The zero-order chi connectivity index (χ0) is 17.7. The molecule has 1 fully saturated rings. The van der Waals surface area contributed by atoms with E-state index in [1.54, 1.807) is 0 Å². The molecule has 4 nitrogen and oxygen atoms in total. The Morgan fingerprint density at radius 2 is 1.40 bits per heavy atom. The van der Waals surface area contributed by atoms with Crippen molar-refractivity contribution in [2.45, 2.75) is 38.1 Å². The van der Waals surface area contributed by atoms with Gasteiger partial charge in [0, 0.05) is 6.54 Å². The second-order valence-electron chi connectivity index (χ2n) is 6.43. The minimum atomic E-state index is -1.13. The quantitative estimate of drug-likeness (QED) is 0.612. The number of imide groups is 1. The van der Waals surface area contributed by atoms with Crippen molar-refractivity contribution in [3.63, 3.8) is 0 Å². The summed E-state index contributed by atoms with van der Waals surface area (Å²) in [7, 11) is 0. The van der Waals surface area contributed by atoms with Crippen LogP contribution >= 0.6 is 0 Å². The molecular formula is C21H24N2O2. The first-order valence-electron chi connectivity index (χ1n) is 8.95. The number of rotatable bonds is 7. The van der Waals surface area contributed by atoms with Gasteiger partial charge in [0.2, 0.25) is 0 Å². The van der Waals surface area contributed by atoms with Gasteiger partial charge in [-0.1, -0.05) is 86.8 Å². The Morgan fingerprint density at radius 3 is 1.92 bits per heavy atom. The van der Waals surface area contributed by atoms with Crippen molar-refractivity contribution in [1.29, 1.82) is 0 Å². The SMILES string of the molecule is CCCCCCN1C(=O)NC(c2ccccc2)(c2ccccc2)C1=O. The van der Waals surface area contributed by atoms with Crippen molar-refractivity contribution in [2.75, 3.05) is 6.54 Å². The lowest BCUT2D eigenvalue weighted by Gasteiger charge is -2.28. The Hall–Kier alpha value is -2.62. The molecule has 0 aliphatic carbocycles. The van der Waals surface area contributed by atoms with Gasteiger partial charge in [0.15, 0.2) is 5.54 Å². The van der Waals surface area contributed by atoms with Crippen LogP contribution in [0.3, 0.4) is 0 Å². The number of nitrogens with zero attached hydrogens (tertiary/aromatic N) is 1. The summed E-state index contributed by atoms with van der Waals surface area (Å²) in [6, 6.07) is 18.7. The van der Waals surface area contributed by atoms with E-state index in [-0.39, 0.29) is 11.9 Å². The van der Waals surface area contributed by atoms with Gasteiger partial charge in [-0.15, -0.1) is 0 Å². The molecule has 1 heterocycles. The highest BCUT2D eigenvalue weighted by Crippen LogP contribution is 2.36. The van der Waals surface area contributed by atoms with Gasteiger partial charge in [-0.25, -0.2) is 4.79 Å². The molecule has 3 rings (SSSR count). The first kappa shape index (κ1) is 17.2. The minimum Gasteiger partial charge on any atom is -0.315 e. The van der Waals surface area contributed by atoms with E-state index in [4.69, 9.17) is 0 Å². The Bertz CT molecular complexity index is 689. The molecule has 0 atom stereocenters. The van der Waals surface area contributed by atoms with Gasteiger partial charge in [0.1, 0.15) is 0 Å². The van der Waals surface area contributed by atoms with Crippen molar-refractivity contribution in [3.05, 3.63) is 71.8 Å². The highest BCUT2D eigenvalue weighted by molar-refractivity contribution is 6.09. The second-order valence-corrected chi connectivity index (χ2v) is 6.43. The van der Waals surface area contributed by atoms with Crippen LogP contribution in [0.15, 0.2) is 60.7 Å². The van der Waals surface area contributed by atoms with Crippen molar-refractivity contribution >= 4 is 11.9 Å². The van der Waals surface area contributed by atoms with E-state index in [9.17, 15) is 9.59 Å². The molecule has 2 aromatic carbocycles. The summed E-state index contributed by atoms with van der Waals surface area (Å²) >= 11 is 0. The molecule has 0 saturated carbocycles. The maximum atomic E-state index is 13.3. The number of benzene rings is 2. The number of nitrogens with one attached hydrogen (secondary N) is 1. The lowest BCUT2D eigenvalue weighted by Crippen LogP contribution is -2.45. The summed E-state index contributed by atoms with van der Waals surface area (Å²) in [4.78, 5) is 27.3. The van der Waals surface area contributed by atoms with Crippen LogP contribution in [0.4, 0.5) is 4.79 Å². The van der Waals surface area contributed by atoms with E-state index in [2.05, 4.69) is 12.2 Å². The van der Waals surface area contributed by atoms with Crippen molar-refractivity contribution < 1.29 is 9.59 Å². The minimum absolute atomic E-state index is 0.189. The van der Waals surface area contributed by atoms with Gasteiger partial charge in [0.05, 0.1) is 0 Å². The molecule has 25 heavy (non-hydrogen) atoms. The van der Waals surface area contributed by atoms with E-state index >= 15 is 0 Å². The third kappa shape index (κ3) is 3.16. The number of unbranched alkanes of at least 4 members (excludes halogenated alkanes) is 3. The predicted molar refractivity (Wildman–Crippen MR) is 98.1 cm³/mol. The van der Waals surface area contributed by atoms with Crippen LogP contribution in [-0.4, -0.2) is 23.4 Å². The standard InChI is InChI=1S/C21H24N2O2/c1-2-3-4-11-16-23-19(24)21(22-20(23)25,17-12-7-5-8-13-17)18-14-9-6-10-15-18/h5-10,12-15H,2-4,11,16H2,1H3,(H,22,25). The maximum Gasteiger partial charge on any atom is 0.325 e. The summed E-state index contributed by atoms with van der Waals surface area (Å²) in [5, 5.41) is 2.98. The Kier molecular flexibility index (Phi) is 5.17. The monoisotopic (exact) mass is 336 g/mol. The van der Waals surface area contributed by atoms with Crippen LogP contribution in [0.5, 0.6) is 0 Å². The normalized spacial score (nSPS) is 16.1. The van der Waals surface area contributed by atoms with Gasteiger partial charge in [0.25, 0.3) is 5.91 Å². The molecule has 2 aromatic rings. The number of hydrogen-bond acceptors (Lipinski definition) is 2. The summed E-state index contributed by atoms with van der Waals surface area (Å²) < 4.78 is 0. The lowest BCUT2D eigenvalue weighted by molar-refractivity contribution is -0.130. The fourth-order valence-electron chi connectivity index (χ4n) is 3.41. The molecule has 0 bridgehead atoms. The van der Waals surface area contributed by atoms with Crippen LogP contribution in [0, 0.1) is 0 Å². The van der Waals surface area contributed by atoms with Gasteiger partial charge in [-0.2, -0.15) is 0 Å². The topological polar surface area (TPSA) is 49.4 Å². The molecule has 0 unspecified atom stereocenters. The first-order valence-corrected chi connectivity index (χ1v) is 8.95. The van der Waals surface area contributed by atoms with Crippen LogP contribution < -0.4 is 5.32 Å². The molecule has 1 aliphatic rings. The Morgan fingerprint density at radius 1 is 0.840 bits per heavy atom.